The molecule has 1 spiro atoms. The smallest absolute Gasteiger partial charge is 0.403 e. The number of carboxylic acids is 1. The average molecular weight is 292 g/mol. The van der Waals surface area contributed by atoms with Gasteiger partial charge in [-0.25, -0.2) is 0 Å². The van der Waals surface area contributed by atoms with Gasteiger partial charge in [-0.05, 0) is 12.8 Å². The fourth-order valence-corrected chi connectivity index (χ4v) is 3.39. The van der Waals surface area contributed by atoms with Crippen LogP contribution in [0.2, 0.25) is 0 Å². The summed E-state index contributed by atoms with van der Waals surface area (Å²) in [6.07, 6.45) is -4.81. The molecule has 0 bridgehead atoms. The molecule has 1 amide bonds. The Morgan fingerprint density at radius 2 is 1.85 bits per heavy atom. The lowest BCUT2D eigenvalue weighted by Crippen LogP contribution is -2.65. The highest BCUT2D eigenvalue weighted by molar-refractivity contribution is 5.87. The zero-order chi connectivity index (χ0) is 14.8. The van der Waals surface area contributed by atoms with E-state index < -0.39 is 34.8 Å². The van der Waals surface area contributed by atoms with Gasteiger partial charge in [0, 0.05) is 31.6 Å². The van der Waals surface area contributed by atoms with Gasteiger partial charge in [0.2, 0.25) is 5.91 Å². The van der Waals surface area contributed by atoms with Crippen LogP contribution in [0.5, 0.6) is 0 Å². The fourth-order valence-electron chi connectivity index (χ4n) is 3.39. The molecule has 20 heavy (non-hydrogen) atoms. The first-order valence-corrected chi connectivity index (χ1v) is 6.52. The van der Waals surface area contributed by atoms with Gasteiger partial charge in [0.1, 0.15) is 5.41 Å². The fraction of sp³-hybridized carbons (Fsp3) is 0.833. The highest BCUT2D eigenvalue weighted by Gasteiger charge is 2.71. The van der Waals surface area contributed by atoms with Crippen LogP contribution in [0.1, 0.15) is 12.8 Å². The maximum Gasteiger partial charge on any atom is 0.403 e. The van der Waals surface area contributed by atoms with E-state index in [2.05, 4.69) is 5.32 Å². The summed E-state index contributed by atoms with van der Waals surface area (Å²) in [5.74, 6) is -2.47. The van der Waals surface area contributed by atoms with Crippen molar-refractivity contribution < 1.29 is 27.9 Å². The van der Waals surface area contributed by atoms with Crippen LogP contribution in [0.25, 0.3) is 0 Å². The quantitative estimate of drug-likeness (QED) is 0.776. The summed E-state index contributed by atoms with van der Waals surface area (Å²) in [6.45, 7) is 0.954. The Morgan fingerprint density at radius 1 is 1.25 bits per heavy atom. The SMILES string of the molecule is O=C(O)C1CNCC12CN(C(=O)C1(C(F)(F)F)CC1)C2. The van der Waals surface area contributed by atoms with Crippen molar-refractivity contribution in [2.75, 3.05) is 26.2 Å². The van der Waals surface area contributed by atoms with E-state index in [-0.39, 0.29) is 25.9 Å². The van der Waals surface area contributed by atoms with Gasteiger partial charge in [-0.1, -0.05) is 0 Å². The predicted molar refractivity (Wildman–Crippen MR) is 60.7 cm³/mol. The van der Waals surface area contributed by atoms with E-state index in [0.29, 0.717) is 13.1 Å². The third-order valence-corrected chi connectivity index (χ3v) is 4.86. The molecule has 3 fully saturated rings. The molecule has 5 nitrogen and oxygen atoms in total. The maximum atomic E-state index is 12.9. The molecule has 8 heteroatoms. The summed E-state index contributed by atoms with van der Waals surface area (Å²) >= 11 is 0. The van der Waals surface area contributed by atoms with E-state index in [4.69, 9.17) is 5.11 Å². The van der Waals surface area contributed by atoms with Crippen molar-refractivity contribution in [2.24, 2.45) is 16.7 Å². The van der Waals surface area contributed by atoms with Gasteiger partial charge < -0.3 is 15.3 Å². The molecule has 1 saturated carbocycles. The molecule has 2 aliphatic heterocycles. The molecule has 0 radical (unpaired) electrons. The number of nitrogens with one attached hydrogen (secondary N) is 1. The molecule has 3 rings (SSSR count). The number of halogens is 3. The number of carbonyl (C=O) groups is 2. The summed E-state index contributed by atoms with van der Waals surface area (Å²) in [5, 5.41) is 12.1. The molecular weight excluding hydrogens is 277 g/mol. The highest BCUT2D eigenvalue weighted by atomic mass is 19.4. The number of carbonyl (C=O) groups excluding carboxylic acids is 1. The summed E-state index contributed by atoms with van der Waals surface area (Å²) in [6, 6.07) is 0. The zero-order valence-corrected chi connectivity index (χ0v) is 10.7. The summed E-state index contributed by atoms with van der Waals surface area (Å²) in [5.41, 5.74) is -2.79. The number of aliphatic carboxylic acids is 1. The largest absolute Gasteiger partial charge is 0.481 e. The number of amides is 1. The van der Waals surface area contributed by atoms with Crippen molar-refractivity contribution in [3.05, 3.63) is 0 Å². The number of carboxylic acid groups (broad SMARTS) is 1. The van der Waals surface area contributed by atoms with Gasteiger partial charge in [0.15, 0.2) is 0 Å². The van der Waals surface area contributed by atoms with Gasteiger partial charge in [-0.15, -0.1) is 0 Å². The van der Waals surface area contributed by atoms with E-state index in [0.717, 1.165) is 0 Å². The summed E-state index contributed by atoms with van der Waals surface area (Å²) < 4.78 is 38.7. The molecule has 2 N–H and O–H groups in total. The number of nitrogens with zero attached hydrogens (tertiary/aromatic N) is 1. The van der Waals surface area contributed by atoms with Crippen molar-refractivity contribution in [3.8, 4) is 0 Å². The zero-order valence-electron chi connectivity index (χ0n) is 10.7. The van der Waals surface area contributed by atoms with Crippen LogP contribution >= 0.6 is 0 Å². The maximum absolute atomic E-state index is 12.9. The molecule has 1 atom stereocenters. The lowest BCUT2D eigenvalue weighted by molar-refractivity contribution is -0.206. The molecule has 112 valence electrons. The van der Waals surface area contributed by atoms with Crippen LogP contribution in [-0.4, -0.2) is 54.2 Å². The molecule has 1 aliphatic carbocycles. The first-order valence-electron chi connectivity index (χ1n) is 6.52. The van der Waals surface area contributed by atoms with Crippen LogP contribution < -0.4 is 5.32 Å². The number of alkyl halides is 3. The Bertz CT molecular complexity index is 467. The number of rotatable bonds is 2. The topological polar surface area (TPSA) is 69.6 Å². The Morgan fingerprint density at radius 3 is 2.30 bits per heavy atom. The minimum absolute atomic E-state index is 0.105. The lowest BCUT2D eigenvalue weighted by Gasteiger charge is -2.50. The minimum atomic E-state index is -4.51. The Balaban J connectivity index is 1.69. The van der Waals surface area contributed by atoms with Gasteiger partial charge in [0.25, 0.3) is 0 Å². The molecule has 2 saturated heterocycles. The number of likely N-dealkylation sites (tertiary alicyclic amines) is 1. The van der Waals surface area contributed by atoms with Gasteiger partial charge in [-0.2, -0.15) is 13.2 Å². The second-order valence-corrected chi connectivity index (χ2v) is 6.13. The van der Waals surface area contributed by atoms with Gasteiger partial charge in [0.05, 0.1) is 5.92 Å². The molecule has 3 aliphatic rings. The van der Waals surface area contributed by atoms with Gasteiger partial charge >= 0.3 is 12.1 Å². The van der Waals surface area contributed by atoms with Crippen molar-refractivity contribution in [2.45, 2.75) is 19.0 Å². The van der Waals surface area contributed by atoms with Gasteiger partial charge in [-0.3, -0.25) is 9.59 Å². The monoisotopic (exact) mass is 292 g/mol. The average Bonchev–Trinajstić information content (AvgIpc) is 2.98. The van der Waals surface area contributed by atoms with Crippen molar-refractivity contribution in [1.82, 2.24) is 10.2 Å². The minimum Gasteiger partial charge on any atom is -0.481 e. The van der Waals surface area contributed by atoms with Crippen LogP contribution in [0.3, 0.4) is 0 Å². The molecule has 1 unspecified atom stereocenters. The highest BCUT2D eigenvalue weighted by Crippen LogP contribution is 2.59. The predicted octanol–water partition coefficient (Wildman–Crippen LogP) is 0.461. The third-order valence-electron chi connectivity index (χ3n) is 4.86. The standard InChI is InChI=1S/C12H15F3N2O3/c13-12(14,15)11(1-2-11)9(20)17-5-10(6-17)4-16-3-7(10)8(18)19/h7,16H,1-6H2,(H,18,19). The molecule has 0 aromatic rings. The third kappa shape index (κ3) is 1.66. The van der Waals surface area contributed by atoms with Crippen LogP contribution in [0.15, 0.2) is 0 Å². The first kappa shape index (κ1) is 13.7. The Labute approximate surface area is 113 Å². The Kier molecular flexibility index (Phi) is 2.64. The normalized spacial score (nSPS) is 30.1. The van der Waals surface area contributed by atoms with Crippen molar-refractivity contribution >= 4 is 11.9 Å². The molecule has 0 aromatic carbocycles. The molecular formula is C12H15F3N2O3. The second-order valence-electron chi connectivity index (χ2n) is 6.13. The van der Waals surface area contributed by atoms with Crippen molar-refractivity contribution in [1.29, 1.82) is 0 Å². The van der Waals surface area contributed by atoms with E-state index in [1.807, 2.05) is 0 Å². The van der Waals surface area contributed by atoms with Crippen LogP contribution in [0.4, 0.5) is 13.2 Å². The number of hydrogen-bond acceptors (Lipinski definition) is 3. The number of hydrogen-bond donors (Lipinski definition) is 2. The van der Waals surface area contributed by atoms with Crippen LogP contribution in [-0.2, 0) is 9.59 Å². The molecule has 2 heterocycles. The van der Waals surface area contributed by atoms with E-state index in [1.165, 1.54) is 4.90 Å². The summed E-state index contributed by atoms with van der Waals surface area (Å²) in [4.78, 5) is 24.3. The summed E-state index contributed by atoms with van der Waals surface area (Å²) in [7, 11) is 0. The van der Waals surface area contributed by atoms with E-state index in [1.54, 1.807) is 0 Å². The van der Waals surface area contributed by atoms with Crippen molar-refractivity contribution in [3.63, 3.8) is 0 Å². The molecule has 0 aromatic heterocycles. The first-order chi connectivity index (χ1) is 9.22. The Hall–Kier alpha value is -1.31. The lowest BCUT2D eigenvalue weighted by atomic mass is 9.71. The van der Waals surface area contributed by atoms with Crippen LogP contribution in [0, 0.1) is 16.7 Å². The van der Waals surface area contributed by atoms with E-state index in [9.17, 15) is 22.8 Å². The van der Waals surface area contributed by atoms with E-state index >= 15 is 0 Å². The second kappa shape index (κ2) is 3.87.